The van der Waals surface area contributed by atoms with E-state index in [1.807, 2.05) is 43.5 Å². The molecule has 2 heterocycles. The highest BCUT2D eigenvalue weighted by Gasteiger charge is 2.30. The number of thioether (sulfide) groups is 1. The Labute approximate surface area is 187 Å². The number of carbonyl (C=O) groups excluding carboxylic acids is 1. The Morgan fingerprint density at radius 3 is 2.52 bits per heavy atom. The molecule has 0 radical (unpaired) electrons. The van der Waals surface area contributed by atoms with Crippen molar-refractivity contribution in [2.45, 2.75) is 36.7 Å². The van der Waals surface area contributed by atoms with E-state index in [0.29, 0.717) is 11.6 Å². The van der Waals surface area contributed by atoms with Crippen LogP contribution in [0.25, 0.3) is 16.9 Å². The van der Waals surface area contributed by atoms with Gasteiger partial charge in [-0.3, -0.25) is 9.36 Å². The van der Waals surface area contributed by atoms with E-state index in [4.69, 9.17) is 0 Å². The van der Waals surface area contributed by atoms with Gasteiger partial charge in [-0.15, -0.1) is 0 Å². The highest BCUT2D eigenvalue weighted by atomic mass is 32.2. The van der Waals surface area contributed by atoms with Gasteiger partial charge in [-0.25, -0.2) is 13.4 Å². The normalized spacial score (nSPS) is 18.6. The van der Waals surface area contributed by atoms with Gasteiger partial charge in [-0.2, -0.15) is 0 Å². The lowest BCUT2D eigenvalue weighted by molar-refractivity contribution is -0.120. The van der Waals surface area contributed by atoms with Crippen molar-refractivity contribution in [1.29, 1.82) is 0 Å². The number of imidazole rings is 1. The highest BCUT2D eigenvalue weighted by molar-refractivity contribution is 8.00. The van der Waals surface area contributed by atoms with Crippen LogP contribution in [0.15, 0.2) is 66.0 Å². The lowest BCUT2D eigenvalue weighted by Crippen LogP contribution is -2.40. The fraction of sp³-hybridized carbons (Fsp3) is 0.304. The van der Waals surface area contributed by atoms with Crippen molar-refractivity contribution < 1.29 is 13.2 Å². The van der Waals surface area contributed by atoms with Crippen LogP contribution < -0.4 is 5.32 Å². The predicted molar refractivity (Wildman–Crippen MR) is 124 cm³/mol. The van der Waals surface area contributed by atoms with Gasteiger partial charge in [-0.05, 0) is 32.4 Å². The number of nitrogens with zero attached hydrogens (tertiary/aromatic N) is 2. The largest absolute Gasteiger partial charge is 0.351 e. The zero-order valence-corrected chi connectivity index (χ0v) is 19.1. The van der Waals surface area contributed by atoms with Crippen molar-refractivity contribution in [2.75, 3.05) is 11.5 Å². The molecule has 2 atom stereocenters. The average molecular weight is 456 g/mol. The van der Waals surface area contributed by atoms with Gasteiger partial charge in [0.2, 0.25) is 5.91 Å². The first-order chi connectivity index (χ1) is 14.8. The molecule has 0 aliphatic carbocycles. The maximum absolute atomic E-state index is 12.7. The summed E-state index contributed by atoms with van der Waals surface area (Å²) in [6.07, 6.45) is 2.30. The first kappa shape index (κ1) is 21.6. The van der Waals surface area contributed by atoms with E-state index in [1.54, 1.807) is 0 Å². The summed E-state index contributed by atoms with van der Waals surface area (Å²) in [6.45, 7) is 3.87. The Morgan fingerprint density at radius 1 is 1.16 bits per heavy atom. The van der Waals surface area contributed by atoms with E-state index in [9.17, 15) is 13.2 Å². The molecule has 1 aliphatic heterocycles. The van der Waals surface area contributed by atoms with Gasteiger partial charge >= 0.3 is 0 Å². The van der Waals surface area contributed by atoms with Gasteiger partial charge in [0, 0.05) is 17.3 Å². The zero-order chi connectivity index (χ0) is 22.0. The number of rotatable bonds is 6. The summed E-state index contributed by atoms with van der Waals surface area (Å²) in [5, 5.41) is 3.18. The Balaban J connectivity index is 1.59. The number of carbonyl (C=O) groups is 1. The van der Waals surface area contributed by atoms with Crippen LogP contribution in [0.4, 0.5) is 0 Å². The Kier molecular flexibility index (Phi) is 6.20. The van der Waals surface area contributed by atoms with Crippen LogP contribution in [0.2, 0.25) is 0 Å². The number of aromatic nitrogens is 2. The summed E-state index contributed by atoms with van der Waals surface area (Å²) in [5.74, 6) is -0.0176. The van der Waals surface area contributed by atoms with Crippen LogP contribution in [0.1, 0.15) is 18.9 Å². The number of nitrogens with one attached hydrogen (secondary N) is 1. The fourth-order valence-electron chi connectivity index (χ4n) is 3.61. The first-order valence-corrected chi connectivity index (χ1v) is 12.9. The maximum atomic E-state index is 12.7. The quantitative estimate of drug-likeness (QED) is 0.574. The van der Waals surface area contributed by atoms with E-state index < -0.39 is 15.1 Å². The monoisotopic (exact) mass is 455 g/mol. The third-order valence-electron chi connectivity index (χ3n) is 5.32. The minimum Gasteiger partial charge on any atom is -0.351 e. The molecule has 4 rings (SSSR count). The number of para-hydroxylation sites is 1. The number of aryl methyl sites for hydroxylation is 1. The number of amides is 1. The summed E-state index contributed by atoms with van der Waals surface area (Å²) in [5.41, 5.74) is 4.14. The average Bonchev–Trinajstić information content (AvgIpc) is 3.31. The SMILES string of the molecule is Cc1ccc(-c2cnc(S[C@@H](C)C(=O)N[C@H]3CCS(=O)(=O)C3)n2-c2ccccc2)cc1. The molecule has 1 N–H and O–H groups in total. The summed E-state index contributed by atoms with van der Waals surface area (Å²) in [7, 11) is -3.04. The van der Waals surface area contributed by atoms with Gasteiger partial charge in [0.25, 0.3) is 0 Å². The molecule has 0 saturated carbocycles. The van der Waals surface area contributed by atoms with Crippen molar-refractivity contribution in [2.24, 2.45) is 0 Å². The molecule has 1 aliphatic rings. The molecule has 3 aromatic rings. The van der Waals surface area contributed by atoms with Crippen molar-refractivity contribution in [3.8, 4) is 16.9 Å². The van der Waals surface area contributed by atoms with Gasteiger partial charge in [0.05, 0.1) is 28.6 Å². The van der Waals surface area contributed by atoms with Crippen LogP contribution in [-0.2, 0) is 14.6 Å². The summed E-state index contributed by atoms with van der Waals surface area (Å²) >= 11 is 1.37. The molecule has 0 bridgehead atoms. The van der Waals surface area contributed by atoms with Gasteiger partial charge < -0.3 is 5.32 Å². The van der Waals surface area contributed by atoms with Crippen LogP contribution in [0.5, 0.6) is 0 Å². The maximum Gasteiger partial charge on any atom is 0.233 e. The third kappa shape index (κ3) is 5.02. The van der Waals surface area contributed by atoms with E-state index in [1.165, 1.54) is 17.3 Å². The highest BCUT2D eigenvalue weighted by Crippen LogP contribution is 2.32. The molecule has 2 aromatic carbocycles. The number of benzene rings is 2. The second-order valence-corrected chi connectivity index (χ2v) is 11.4. The van der Waals surface area contributed by atoms with Crippen molar-refractivity contribution >= 4 is 27.5 Å². The lowest BCUT2D eigenvalue weighted by atomic mass is 10.1. The van der Waals surface area contributed by atoms with E-state index in [0.717, 1.165) is 16.9 Å². The predicted octanol–water partition coefficient (Wildman–Crippen LogP) is 3.63. The van der Waals surface area contributed by atoms with Crippen LogP contribution in [-0.4, -0.2) is 46.7 Å². The number of hydrogen-bond donors (Lipinski definition) is 1. The molecule has 1 aromatic heterocycles. The summed E-state index contributed by atoms with van der Waals surface area (Å²) < 4.78 is 25.4. The fourth-order valence-corrected chi connectivity index (χ4v) is 6.20. The van der Waals surface area contributed by atoms with E-state index in [2.05, 4.69) is 46.1 Å². The minimum absolute atomic E-state index is 0.0202. The van der Waals surface area contributed by atoms with E-state index >= 15 is 0 Å². The van der Waals surface area contributed by atoms with E-state index in [-0.39, 0.29) is 23.5 Å². The molecule has 0 spiro atoms. The molecule has 1 amide bonds. The molecule has 6 nitrogen and oxygen atoms in total. The van der Waals surface area contributed by atoms with Gasteiger partial charge in [0.15, 0.2) is 15.0 Å². The Hall–Kier alpha value is -2.58. The summed E-state index contributed by atoms with van der Waals surface area (Å²) in [4.78, 5) is 17.3. The van der Waals surface area contributed by atoms with Crippen LogP contribution in [0.3, 0.4) is 0 Å². The Morgan fingerprint density at radius 2 is 1.87 bits per heavy atom. The van der Waals surface area contributed by atoms with Gasteiger partial charge in [-0.1, -0.05) is 59.8 Å². The number of sulfone groups is 1. The first-order valence-electron chi connectivity index (χ1n) is 10.2. The lowest BCUT2D eigenvalue weighted by Gasteiger charge is -2.17. The second-order valence-electron chi connectivity index (χ2n) is 7.83. The molecule has 0 unspecified atom stereocenters. The number of hydrogen-bond acceptors (Lipinski definition) is 5. The molecule has 31 heavy (non-hydrogen) atoms. The topological polar surface area (TPSA) is 81.1 Å². The van der Waals surface area contributed by atoms with Crippen molar-refractivity contribution in [1.82, 2.24) is 14.9 Å². The smallest absolute Gasteiger partial charge is 0.233 e. The molecule has 1 saturated heterocycles. The Bertz CT molecular complexity index is 1170. The molecule has 1 fully saturated rings. The molecule has 162 valence electrons. The summed E-state index contributed by atoms with van der Waals surface area (Å²) in [6, 6.07) is 17.9. The molecular formula is C23H25N3O3S2. The molecule has 8 heteroatoms. The van der Waals surface area contributed by atoms with Gasteiger partial charge in [0.1, 0.15) is 0 Å². The van der Waals surface area contributed by atoms with Crippen LogP contribution in [0, 0.1) is 6.92 Å². The second kappa shape index (κ2) is 8.88. The molecular weight excluding hydrogens is 430 g/mol. The van der Waals surface area contributed by atoms with Crippen molar-refractivity contribution in [3.63, 3.8) is 0 Å². The standard InChI is InChI=1S/C23H25N3O3S2/c1-16-8-10-18(11-9-16)21-14-24-23(26(21)20-6-4-3-5-7-20)30-17(2)22(27)25-19-12-13-31(28,29)15-19/h3-11,14,17,19H,12-13,15H2,1-2H3,(H,25,27)/t17-,19-/m0/s1. The minimum atomic E-state index is -3.04. The zero-order valence-electron chi connectivity index (χ0n) is 17.5. The third-order valence-corrected chi connectivity index (χ3v) is 8.16. The van der Waals surface area contributed by atoms with Crippen molar-refractivity contribution in [3.05, 3.63) is 66.4 Å². The van der Waals surface area contributed by atoms with Crippen LogP contribution >= 0.6 is 11.8 Å².